The van der Waals surface area contributed by atoms with Crippen molar-refractivity contribution in [2.24, 2.45) is 0 Å². The van der Waals surface area contributed by atoms with Crippen molar-refractivity contribution in [3.8, 4) is 0 Å². The molecular weight excluding hydrogens is 286 g/mol. The van der Waals surface area contributed by atoms with Crippen LogP contribution in [-0.2, 0) is 11.2 Å². The van der Waals surface area contributed by atoms with Crippen LogP contribution in [0.15, 0.2) is 15.9 Å². The third-order valence-electron chi connectivity index (χ3n) is 2.05. The highest BCUT2D eigenvalue weighted by Crippen LogP contribution is 2.20. The van der Waals surface area contributed by atoms with E-state index in [1.54, 1.807) is 11.3 Å². The molecule has 1 N–H and O–H groups in total. The minimum absolute atomic E-state index is 0.0895. The van der Waals surface area contributed by atoms with Crippen LogP contribution in [0.4, 0.5) is 0 Å². The molecule has 0 saturated carbocycles. The molecule has 0 aliphatic heterocycles. The molecule has 1 rings (SSSR count). The second-order valence-electron chi connectivity index (χ2n) is 4.87. The number of carbonyl (C=O) groups is 1. The third kappa shape index (κ3) is 5.77. The van der Waals surface area contributed by atoms with Crippen LogP contribution in [0.1, 0.15) is 32.1 Å². The standard InChI is InChI=1S/C12H18BrNOS/c1-12(2,3)14-5-4-10(15)7-11-6-9(13)8-16-11/h6,8,14H,4-5,7H2,1-3H3. The van der Waals surface area contributed by atoms with Crippen molar-refractivity contribution in [1.29, 1.82) is 0 Å². The van der Waals surface area contributed by atoms with Crippen molar-refractivity contribution >= 4 is 33.0 Å². The number of ketones is 1. The molecule has 0 saturated heterocycles. The first-order valence-corrected chi connectivity index (χ1v) is 7.04. The molecular formula is C12H18BrNOS. The molecule has 16 heavy (non-hydrogen) atoms. The lowest BCUT2D eigenvalue weighted by Gasteiger charge is -2.19. The van der Waals surface area contributed by atoms with E-state index in [1.807, 2.05) is 11.4 Å². The number of rotatable bonds is 5. The summed E-state index contributed by atoms with van der Waals surface area (Å²) in [5, 5.41) is 5.33. The molecule has 1 aromatic rings. The molecule has 1 aromatic heterocycles. The van der Waals surface area contributed by atoms with Crippen LogP contribution in [0, 0.1) is 0 Å². The summed E-state index contributed by atoms with van der Waals surface area (Å²) >= 11 is 5.02. The van der Waals surface area contributed by atoms with Gasteiger partial charge in [-0.3, -0.25) is 4.79 Å². The summed E-state index contributed by atoms with van der Waals surface area (Å²) in [5.74, 6) is 0.297. The van der Waals surface area contributed by atoms with E-state index in [1.165, 1.54) is 0 Å². The highest BCUT2D eigenvalue weighted by molar-refractivity contribution is 9.10. The van der Waals surface area contributed by atoms with Gasteiger partial charge in [0.05, 0.1) is 0 Å². The molecule has 0 bridgehead atoms. The summed E-state index contributed by atoms with van der Waals surface area (Å²) in [5.41, 5.74) is 0.0895. The maximum Gasteiger partial charge on any atom is 0.139 e. The Labute approximate surface area is 110 Å². The van der Waals surface area contributed by atoms with Gasteiger partial charge in [0, 0.05) is 39.7 Å². The maximum absolute atomic E-state index is 11.7. The molecule has 1 heterocycles. The van der Waals surface area contributed by atoms with E-state index in [9.17, 15) is 4.79 Å². The molecule has 0 aromatic carbocycles. The van der Waals surface area contributed by atoms with Crippen molar-refractivity contribution in [2.75, 3.05) is 6.54 Å². The fourth-order valence-corrected chi connectivity index (χ4v) is 2.79. The molecule has 0 atom stereocenters. The van der Waals surface area contributed by atoms with Crippen molar-refractivity contribution < 1.29 is 4.79 Å². The van der Waals surface area contributed by atoms with E-state index in [4.69, 9.17) is 0 Å². The molecule has 0 radical (unpaired) electrons. The second kappa shape index (κ2) is 5.94. The molecule has 0 spiro atoms. The summed E-state index contributed by atoms with van der Waals surface area (Å²) in [7, 11) is 0. The van der Waals surface area contributed by atoms with Gasteiger partial charge in [0.2, 0.25) is 0 Å². The largest absolute Gasteiger partial charge is 0.312 e. The molecule has 0 amide bonds. The fourth-order valence-electron chi connectivity index (χ4n) is 1.31. The monoisotopic (exact) mass is 303 g/mol. The number of hydrogen-bond acceptors (Lipinski definition) is 3. The van der Waals surface area contributed by atoms with E-state index in [0.29, 0.717) is 18.6 Å². The fraction of sp³-hybridized carbons (Fsp3) is 0.583. The molecule has 2 nitrogen and oxygen atoms in total. The van der Waals surface area contributed by atoms with Gasteiger partial charge < -0.3 is 5.32 Å². The number of hydrogen-bond donors (Lipinski definition) is 1. The molecule has 0 fully saturated rings. The van der Waals surface area contributed by atoms with Gasteiger partial charge in [-0.2, -0.15) is 0 Å². The number of thiophene rings is 1. The number of carbonyl (C=O) groups excluding carboxylic acids is 1. The molecule has 0 unspecified atom stereocenters. The van der Waals surface area contributed by atoms with Gasteiger partial charge >= 0.3 is 0 Å². The normalized spacial score (nSPS) is 11.8. The zero-order valence-electron chi connectivity index (χ0n) is 9.97. The average Bonchev–Trinajstić information content (AvgIpc) is 2.48. The van der Waals surface area contributed by atoms with Crippen molar-refractivity contribution in [3.05, 3.63) is 20.8 Å². The zero-order chi connectivity index (χ0) is 12.2. The first-order valence-electron chi connectivity index (χ1n) is 5.36. The predicted octanol–water partition coefficient (Wildman–Crippen LogP) is 3.40. The molecule has 0 aliphatic rings. The Kier molecular flexibility index (Phi) is 5.15. The van der Waals surface area contributed by atoms with Crippen LogP contribution in [0.2, 0.25) is 0 Å². The van der Waals surface area contributed by atoms with Gasteiger partial charge in [-0.05, 0) is 42.8 Å². The maximum atomic E-state index is 11.7. The minimum atomic E-state index is 0.0895. The van der Waals surface area contributed by atoms with E-state index >= 15 is 0 Å². The van der Waals surface area contributed by atoms with Gasteiger partial charge in [-0.25, -0.2) is 0 Å². The van der Waals surface area contributed by atoms with Gasteiger partial charge in [-0.1, -0.05) is 0 Å². The molecule has 0 aliphatic carbocycles. The second-order valence-corrected chi connectivity index (χ2v) is 6.78. The van der Waals surface area contributed by atoms with Crippen LogP contribution >= 0.6 is 27.3 Å². The van der Waals surface area contributed by atoms with E-state index in [0.717, 1.165) is 15.9 Å². The molecule has 4 heteroatoms. The van der Waals surface area contributed by atoms with E-state index in [2.05, 4.69) is 42.0 Å². The zero-order valence-corrected chi connectivity index (χ0v) is 12.4. The van der Waals surface area contributed by atoms with Crippen molar-refractivity contribution in [3.63, 3.8) is 0 Å². The van der Waals surface area contributed by atoms with E-state index in [-0.39, 0.29) is 5.54 Å². The average molecular weight is 304 g/mol. The Bertz CT molecular complexity index is 354. The van der Waals surface area contributed by atoms with Crippen LogP contribution in [0.25, 0.3) is 0 Å². The smallest absolute Gasteiger partial charge is 0.139 e. The van der Waals surface area contributed by atoms with Gasteiger partial charge in [-0.15, -0.1) is 11.3 Å². The summed E-state index contributed by atoms with van der Waals surface area (Å²) < 4.78 is 1.06. The lowest BCUT2D eigenvalue weighted by Crippen LogP contribution is -2.37. The predicted molar refractivity (Wildman–Crippen MR) is 73.1 cm³/mol. The lowest BCUT2D eigenvalue weighted by atomic mass is 10.1. The SMILES string of the molecule is CC(C)(C)NCCC(=O)Cc1cc(Br)cs1. The summed E-state index contributed by atoms with van der Waals surface area (Å²) in [6, 6.07) is 2.01. The highest BCUT2D eigenvalue weighted by atomic mass is 79.9. The van der Waals surface area contributed by atoms with Crippen LogP contribution in [0.3, 0.4) is 0 Å². The van der Waals surface area contributed by atoms with Crippen molar-refractivity contribution in [1.82, 2.24) is 5.32 Å². The first-order chi connectivity index (χ1) is 7.37. The Morgan fingerprint density at radius 1 is 1.50 bits per heavy atom. The van der Waals surface area contributed by atoms with E-state index < -0.39 is 0 Å². The molecule has 90 valence electrons. The van der Waals surface area contributed by atoms with Gasteiger partial charge in [0.25, 0.3) is 0 Å². The quantitative estimate of drug-likeness (QED) is 0.903. The van der Waals surface area contributed by atoms with Gasteiger partial charge in [0.15, 0.2) is 0 Å². The number of nitrogens with one attached hydrogen (secondary N) is 1. The topological polar surface area (TPSA) is 29.1 Å². The third-order valence-corrected chi connectivity index (χ3v) is 3.75. The Morgan fingerprint density at radius 3 is 2.69 bits per heavy atom. The van der Waals surface area contributed by atoms with Crippen LogP contribution < -0.4 is 5.32 Å². The summed E-state index contributed by atoms with van der Waals surface area (Å²) in [4.78, 5) is 12.8. The van der Waals surface area contributed by atoms with Crippen LogP contribution in [0.5, 0.6) is 0 Å². The first kappa shape index (κ1) is 13.9. The Hall–Kier alpha value is -0.190. The minimum Gasteiger partial charge on any atom is -0.312 e. The highest BCUT2D eigenvalue weighted by Gasteiger charge is 2.10. The summed E-state index contributed by atoms with van der Waals surface area (Å²) in [6.45, 7) is 7.07. The lowest BCUT2D eigenvalue weighted by molar-refractivity contribution is -0.118. The van der Waals surface area contributed by atoms with Crippen molar-refractivity contribution in [2.45, 2.75) is 39.2 Å². The Morgan fingerprint density at radius 2 is 2.19 bits per heavy atom. The summed E-state index contributed by atoms with van der Waals surface area (Å²) in [6.07, 6.45) is 1.16. The van der Waals surface area contributed by atoms with Gasteiger partial charge in [0.1, 0.15) is 5.78 Å². The number of Topliss-reactive ketones (excluding diaryl/α,β-unsaturated/α-hetero) is 1. The van der Waals surface area contributed by atoms with Crippen LogP contribution in [-0.4, -0.2) is 17.9 Å². The number of halogens is 1. The Balaban J connectivity index is 2.26.